The molecule has 34 heavy (non-hydrogen) atoms. The Morgan fingerprint density at radius 3 is 1.97 bits per heavy atom. The second-order valence-corrected chi connectivity index (χ2v) is 7.16. The Bertz CT molecular complexity index is 1240. The summed E-state index contributed by atoms with van der Waals surface area (Å²) in [6.07, 6.45) is -8.81. The monoisotopic (exact) mass is 483 g/mol. The van der Waals surface area contributed by atoms with Crippen molar-refractivity contribution in [3.05, 3.63) is 99.1 Å². The van der Waals surface area contributed by atoms with Crippen molar-refractivity contribution < 1.29 is 36.1 Å². The zero-order valence-corrected chi connectivity index (χ0v) is 17.0. The van der Waals surface area contributed by atoms with Gasteiger partial charge in [-0.05, 0) is 48.0 Å². The van der Waals surface area contributed by atoms with Gasteiger partial charge < -0.3 is 10.6 Å². The maximum absolute atomic E-state index is 12.8. The molecule has 1 aliphatic rings. The molecule has 0 aliphatic carbocycles. The van der Waals surface area contributed by atoms with Crippen molar-refractivity contribution in [2.45, 2.75) is 18.9 Å². The second kappa shape index (κ2) is 9.04. The Labute approximate surface area is 188 Å². The van der Waals surface area contributed by atoms with Gasteiger partial charge in [0.05, 0.1) is 28.2 Å². The van der Waals surface area contributed by atoms with E-state index in [-0.39, 0.29) is 29.2 Å². The van der Waals surface area contributed by atoms with E-state index in [0.29, 0.717) is 5.56 Å². The van der Waals surface area contributed by atoms with Gasteiger partial charge in [0.1, 0.15) is 0 Å². The molecule has 2 N–H and O–H groups in total. The number of nitro groups is 1. The predicted molar refractivity (Wildman–Crippen MR) is 111 cm³/mol. The van der Waals surface area contributed by atoms with Crippen LogP contribution in [0.3, 0.4) is 0 Å². The van der Waals surface area contributed by atoms with Crippen molar-refractivity contribution in [2.24, 2.45) is 0 Å². The average molecular weight is 483 g/mol. The topological polar surface area (TPSA) is 89.5 Å². The number of nitro benzene ring substituents is 1. The van der Waals surface area contributed by atoms with E-state index in [1.165, 1.54) is 41.3 Å². The molecule has 1 aliphatic heterocycles. The molecule has 1 amide bonds. The van der Waals surface area contributed by atoms with Crippen LogP contribution in [0.5, 0.6) is 0 Å². The van der Waals surface area contributed by atoms with E-state index in [2.05, 4.69) is 0 Å². The Morgan fingerprint density at radius 1 is 0.853 bits per heavy atom. The van der Waals surface area contributed by atoms with Crippen molar-refractivity contribution in [1.29, 1.82) is 0 Å². The normalized spacial score (nSPS) is 13.2. The lowest BCUT2D eigenvalue weighted by atomic mass is 10.1. The number of hydrogen-bond donors (Lipinski definition) is 1. The smallest absolute Gasteiger partial charge is 0.399 e. The molecule has 0 bridgehead atoms. The molecule has 0 radical (unpaired) electrons. The zero-order valence-electron chi connectivity index (χ0n) is 17.0. The largest absolute Gasteiger partial charge is 0.416 e. The van der Waals surface area contributed by atoms with Crippen molar-refractivity contribution in [3.8, 4) is 0 Å². The average Bonchev–Trinajstić information content (AvgIpc) is 3.09. The minimum atomic E-state index is -4.51. The molecule has 3 aromatic rings. The molecule has 0 unspecified atom stereocenters. The highest BCUT2D eigenvalue weighted by Crippen LogP contribution is 2.35. The lowest BCUT2D eigenvalue weighted by molar-refractivity contribution is -0.384. The number of nitrogen functional groups attached to an aromatic ring is 1. The van der Waals surface area contributed by atoms with E-state index in [1.54, 1.807) is 0 Å². The number of anilines is 2. The number of halogens is 6. The fourth-order valence-electron chi connectivity index (χ4n) is 3.18. The van der Waals surface area contributed by atoms with Gasteiger partial charge in [0.2, 0.25) is 0 Å². The highest BCUT2D eigenvalue weighted by atomic mass is 19.4. The molecule has 6 nitrogen and oxygen atoms in total. The molecule has 4 rings (SSSR count). The summed E-state index contributed by atoms with van der Waals surface area (Å²) >= 11 is 0. The molecule has 0 fully saturated rings. The van der Waals surface area contributed by atoms with Crippen LogP contribution in [-0.2, 0) is 18.9 Å². The summed E-state index contributed by atoms with van der Waals surface area (Å²) in [7, 11) is 0. The number of carbonyl (C=O) groups excluding carboxylic acids is 1. The maximum atomic E-state index is 12.8. The fraction of sp³-hybridized carbons (Fsp3) is 0.136. The van der Waals surface area contributed by atoms with Gasteiger partial charge in [-0.2, -0.15) is 26.3 Å². The zero-order chi connectivity index (χ0) is 25.3. The van der Waals surface area contributed by atoms with Crippen LogP contribution in [0.15, 0.2) is 66.7 Å². The lowest BCUT2D eigenvalue weighted by Gasteiger charge is -2.17. The molecule has 1 heterocycles. The molecular formula is C22H15F6N3O3. The summed E-state index contributed by atoms with van der Waals surface area (Å²) in [6, 6.07) is 12.8. The molecule has 0 spiro atoms. The fourth-order valence-corrected chi connectivity index (χ4v) is 3.18. The molecule has 0 saturated heterocycles. The first-order chi connectivity index (χ1) is 15.8. The number of alkyl halides is 6. The molecule has 12 heteroatoms. The first kappa shape index (κ1) is 24.6. The second-order valence-electron chi connectivity index (χ2n) is 7.16. The minimum absolute atomic E-state index is 0.0769. The van der Waals surface area contributed by atoms with Crippen molar-refractivity contribution >= 4 is 23.0 Å². The van der Waals surface area contributed by atoms with Crippen molar-refractivity contribution in [2.75, 3.05) is 10.6 Å². The van der Waals surface area contributed by atoms with Gasteiger partial charge in [0.15, 0.2) is 0 Å². The number of amides is 1. The third-order valence-electron chi connectivity index (χ3n) is 4.81. The van der Waals surface area contributed by atoms with Crippen LogP contribution in [0.2, 0.25) is 0 Å². The third-order valence-corrected chi connectivity index (χ3v) is 4.81. The van der Waals surface area contributed by atoms with E-state index >= 15 is 0 Å². The summed E-state index contributed by atoms with van der Waals surface area (Å²) in [5.41, 5.74) is 4.26. The maximum Gasteiger partial charge on any atom is 0.416 e. The molecule has 178 valence electrons. The number of benzene rings is 3. The molecular weight excluding hydrogens is 468 g/mol. The number of non-ortho nitro benzene ring substituents is 1. The quantitative estimate of drug-likeness (QED) is 0.208. The van der Waals surface area contributed by atoms with Gasteiger partial charge in [-0.15, -0.1) is 0 Å². The van der Waals surface area contributed by atoms with E-state index in [9.17, 15) is 41.3 Å². The Hall–Kier alpha value is -4.09. The van der Waals surface area contributed by atoms with Crippen molar-refractivity contribution in [3.63, 3.8) is 0 Å². The lowest BCUT2D eigenvalue weighted by Crippen LogP contribution is -2.23. The van der Waals surface area contributed by atoms with E-state index in [1.807, 2.05) is 0 Å². The number of carbonyl (C=O) groups is 1. The van der Waals surface area contributed by atoms with Gasteiger partial charge in [0, 0.05) is 23.5 Å². The number of nitrogens with zero attached hydrogens (tertiary/aromatic N) is 2. The van der Waals surface area contributed by atoms with Gasteiger partial charge in [-0.1, -0.05) is 12.1 Å². The van der Waals surface area contributed by atoms with Crippen LogP contribution in [0.25, 0.3) is 0 Å². The third kappa shape index (κ3) is 5.45. The molecule has 0 saturated carbocycles. The van der Waals surface area contributed by atoms with E-state index in [4.69, 9.17) is 5.73 Å². The van der Waals surface area contributed by atoms with E-state index in [0.717, 1.165) is 30.3 Å². The summed E-state index contributed by atoms with van der Waals surface area (Å²) in [5, 5.41) is 10.8. The van der Waals surface area contributed by atoms with Gasteiger partial charge in [-0.3, -0.25) is 14.9 Å². The first-order valence-corrected chi connectivity index (χ1v) is 9.46. The van der Waals surface area contributed by atoms with Crippen LogP contribution in [0.1, 0.15) is 27.0 Å². The number of nitrogens with two attached hydrogens (primary N) is 1. The Balaban J connectivity index is 0.000000248. The first-order valence-electron chi connectivity index (χ1n) is 9.46. The number of rotatable bonds is 2. The van der Waals surface area contributed by atoms with Crippen LogP contribution < -0.4 is 10.6 Å². The van der Waals surface area contributed by atoms with Crippen LogP contribution >= 0.6 is 0 Å². The number of fused-ring (bicyclic) bond motifs is 1. The van der Waals surface area contributed by atoms with Crippen LogP contribution in [0.4, 0.5) is 43.4 Å². The molecule has 3 aromatic carbocycles. The van der Waals surface area contributed by atoms with Gasteiger partial charge in [-0.25, -0.2) is 0 Å². The molecule has 0 atom stereocenters. The minimum Gasteiger partial charge on any atom is -0.399 e. The van der Waals surface area contributed by atoms with Crippen LogP contribution in [-0.4, -0.2) is 10.8 Å². The summed E-state index contributed by atoms with van der Waals surface area (Å²) in [4.78, 5) is 23.7. The van der Waals surface area contributed by atoms with Crippen LogP contribution in [0, 0.1) is 10.1 Å². The van der Waals surface area contributed by atoms with Crippen molar-refractivity contribution in [1.82, 2.24) is 0 Å². The Kier molecular flexibility index (Phi) is 6.53. The SMILES string of the molecule is Nc1cccc(C(F)(F)F)c1.O=C1c2cc([N+](=O)[O-])ccc2CN1c1cccc(C(F)(F)F)c1. The Morgan fingerprint density at radius 2 is 1.44 bits per heavy atom. The highest BCUT2D eigenvalue weighted by molar-refractivity contribution is 6.10. The molecule has 0 aromatic heterocycles. The van der Waals surface area contributed by atoms with Gasteiger partial charge >= 0.3 is 12.4 Å². The summed E-state index contributed by atoms with van der Waals surface area (Å²) < 4.78 is 74.1. The summed E-state index contributed by atoms with van der Waals surface area (Å²) in [5.74, 6) is -0.553. The highest BCUT2D eigenvalue weighted by Gasteiger charge is 2.34. The summed E-state index contributed by atoms with van der Waals surface area (Å²) in [6.45, 7) is 0.0769. The standard InChI is InChI=1S/C15H9F3N2O3.C7H6F3N/c16-15(17,18)10-2-1-3-11(6-10)19-8-9-4-5-12(20(22)23)7-13(9)14(19)21;8-7(9,10)5-2-1-3-6(11)4-5/h1-7H,8H2;1-4H,11H2. The number of hydrogen-bond acceptors (Lipinski definition) is 4. The van der Waals surface area contributed by atoms with Gasteiger partial charge in [0.25, 0.3) is 11.6 Å². The predicted octanol–water partition coefficient (Wildman–Crippen LogP) is 6.06. The van der Waals surface area contributed by atoms with E-state index < -0.39 is 34.3 Å².